The fourth-order valence-corrected chi connectivity index (χ4v) is 4.39. The lowest BCUT2D eigenvalue weighted by molar-refractivity contribution is 0.103. The van der Waals surface area contributed by atoms with Gasteiger partial charge in [-0.15, -0.1) is 11.3 Å². The van der Waals surface area contributed by atoms with Crippen LogP contribution in [0.2, 0.25) is 0 Å². The van der Waals surface area contributed by atoms with Crippen LogP contribution in [-0.2, 0) is 6.61 Å². The number of carbonyl (C=O) groups is 1. The van der Waals surface area contributed by atoms with E-state index in [-0.39, 0.29) is 5.91 Å². The lowest BCUT2D eigenvalue weighted by Gasteiger charge is -2.34. The van der Waals surface area contributed by atoms with Crippen LogP contribution in [0.1, 0.15) is 25.9 Å². The number of carbonyl (C=O) groups excluding carboxylic acids is 1. The number of likely N-dealkylation sites (N-methyl/N-ethyl adjacent to an activating group) is 1. The molecule has 6 nitrogen and oxygen atoms in total. The molecule has 31 heavy (non-hydrogen) atoms. The highest BCUT2D eigenvalue weighted by Crippen LogP contribution is 2.23. The number of aromatic nitrogens is 1. The molecule has 1 N–H and O–H groups in total. The fraction of sp³-hybridized carbons (Fsp3) is 0.333. The SMILES string of the molecule is Cc1ccc(OCc2nc(C)c(C(=O)Nc3ccc(N4CCN(C)CC4)cc3)s2)cc1. The zero-order valence-electron chi connectivity index (χ0n) is 18.2. The number of nitrogens with one attached hydrogen (secondary N) is 1. The second-order valence-corrected chi connectivity index (χ2v) is 9.00. The van der Waals surface area contributed by atoms with Gasteiger partial charge in [0.15, 0.2) is 0 Å². The van der Waals surface area contributed by atoms with Gasteiger partial charge in [-0.25, -0.2) is 4.98 Å². The first kappa shape index (κ1) is 21.3. The van der Waals surface area contributed by atoms with Crippen molar-refractivity contribution in [1.29, 1.82) is 0 Å². The van der Waals surface area contributed by atoms with Gasteiger partial charge in [-0.3, -0.25) is 4.79 Å². The number of benzene rings is 2. The van der Waals surface area contributed by atoms with Crippen molar-refractivity contribution in [2.45, 2.75) is 20.5 Å². The Labute approximate surface area is 187 Å². The van der Waals surface area contributed by atoms with Crippen LogP contribution in [0.5, 0.6) is 5.75 Å². The van der Waals surface area contributed by atoms with Crippen LogP contribution in [0.4, 0.5) is 11.4 Å². The number of thiazole rings is 1. The minimum Gasteiger partial charge on any atom is -0.486 e. The lowest BCUT2D eigenvalue weighted by Crippen LogP contribution is -2.44. The molecule has 1 saturated heterocycles. The predicted octanol–water partition coefficient (Wildman–Crippen LogP) is 4.34. The summed E-state index contributed by atoms with van der Waals surface area (Å²) in [6, 6.07) is 16.0. The number of amides is 1. The summed E-state index contributed by atoms with van der Waals surface area (Å²) in [6.45, 7) is 8.43. The molecule has 0 atom stereocenters. The third-order valence-electron chi connectivity index (χ3n) is 5.42. The molecule has 0 unspecified atom stereocenters. The maximum absolute atomic E-state index is 12.8. The number of piperazine rings is 1. The first-order valence-electron chi connectivity index (χ1n) is 10.5. The van der Waals surface area contributed by atoms with Crippen LogP contribution in [-0.4, -0.2) is 49.0 Å². The highest BCUT2D eigenvalue weighted by atomic mass is 32.1. The minimum atomic E-state index is -0.135. The van der Waals surface area contributed by atoms with Gasteiger partial charge >= 0.3 is 0 Å². The largest absolute Gasteiger partial charge is 0.486 e. The first-order valence-corrected chi connectivity index (χ1v) is 11.3. The Morgan fingerprint density at radius 1 is 1.03 bits per heavy atom. The number of ether oxygens (including phenoxy) is 1. The van der Waals surface area contributed by atoms with Crippen molar-refractivity contribution in [3.8, 4) is 5.75 Å². The van der Waals surface area contributed by atoms with Crippen molar-refractivity contribution in [3.63, 3.8) is 0 Å². The van der Waals surface area contributed by atoms with Gasteiger partial charge < -0.3 is 19.9 Å². The van der Waals surface area contributed by atoms with E-state index in [0.29, 0.717) is 11.5 Å². The monoisotopic (exact) mass is 436 g/mol. The highest BCUT2D eigenvalue weighted by molar-refractivity contribution is 7.13. The number of aryl methyl sites for hydroxylation is 2. The quantitative estimate of drug-likeness (QED) is 0.623. The summed E-state index contributed by atoms with van der Waals surface area (Å²) in [5.41, 5.74) is 3.88. The van der Waals surface area contributed by atoms with Gasteiger partial charge in [0.2, 0.25) is 0 Å². The topological polar surface area (TPSA) is 57.7 Å². The molecule has 0 spiro atoms. The number of rotatable bonds is 6. The number of hydrogen-bond acceptors (Lipinski definition) is 6. The van der Waals surface area contributed by atoms with Gasteiger partial charge in [0.1, 0.15) is 22.2 Å². The Hall–Kier alpha value is -2.90. The molecule has 1 amide bonds. The third-order valence-corrected chi connectivity index (χ3v) is 6.55. The Morgan fingerprint density at radius 2 is 1.71 bits per heavy atom. The molecule has 4 rings (SSSR count). The molecule has 2 aromatic carbocycles. The van der Waals surface area contributed by atoms with Crippen LogP contribution in [0.25, 0.3) is 0 Å². The van der Waals surface area contributed by atoms with Crippen LogP contribution < -0.4 is 15.0 Å². The molecule has 1 fully saturated rings. The summed E-state index contributed by atoms with van der Waals surface area (Å²) in [5, 5.41) is 3.78. The van der Waals surface area contributed by atoms with E-state index in [1.165, 1.54) is 22.6 Å². The van der Waals surface area contributed by atoms with Crippen LogP contribution in [0, 0.1) is 13.8 Å². The predicted molar refractivity (Wildman–Crippen MR) is 126 cm³/mol. The Bertz CT molecular complexity index is 1020. The van der Waals surface area contributed by atoms with E-state index in [0.717, 1.165) is 48.3 Å². The Morgan fingerprint density at radius 3 is 2.39 bits per heavy atom. The number of nitrogens with zero attached hydrogens (tertiary/aromatic N) is 3. The molecular formula is C24H28N4O2S. The van der Waals surface area contributed by atoms with Crippen molar-refractivity contribution in [3.05, 3.63) is 69.7 Å². The third kappa shape index (κ3) is 5.42. The van der Waals surface area contributed by atoms with E-state index >= 15 is 0 Å². The Kier molecular flexibility index (Phi) is 6.53. The van der Waals surface area contributed by atoms with Gasteiger partial charge in [0, 0.05) is 37.6 Å². The lowest BCUT2D eigenvalue weighted by atomic mass is 10.2. The summed E-state index contributed by atoms with van der Waals surface area (Å²) < 4.78 is 5.80. The van der Waals surface area contributed by atoms with Crippen LogP contribution in [0.15, 0.2) is 48.5 Å². The molecule has 0 saturated carbocycles. The van der Waals surface area contributed by atoms with Gasteiger partial charge in [0.25, 0.3) is 5.91 Å². The maximum atomic E-state index is 12.8. The molecule has 3 aromatic rings. The fourth-order valence-electron chi connectivity index (χ4n) is 3.51. The van der Waals surface area contributed by atoms with Crippen molar-refractivity contribution in [2.24, 2.45) is 0 Å². The van der Waals surface area contributed by atoms with Crippen molar-refractivity contribution < 1.29 is 9.53 Å². The van der Waals surface area contributed by atoms with Gasteiger partial charge in [-0.05, 0) is 57.3 Å². The second-order valence-electron chi connectivity index (χ2n) is 7.92. The molecule has 1 aromatic heterocycles. The average molecular weight is 437 g/mol. The minimum absolute atomic E-state index is 0.135. The summed E-state index contributed by atoms with van der Waals surface area (Å²) in [5.74, 6) is 0.661. The second kappa shape index (κ2) is 9.49. The summed E-state index contributed by atoms with van der Waals surface area (Å²) in [4.78, 5) is 22.6. The van der Waals surface area contributed by atoms with E-state index in [2.05, 4.69) is 39.3 Å². The molecule has 0 bridgehead atoms. The molecule has 7 heteroatoms. The molecule has 162 valence electrons. The van der Waals surface area contributed by atoms with Crippen molar-refractivity contribution in [1.82, 2.24) is 9.88 Å². The first-order chi connectivity index (χ1) is 15.0. The molecular weight excluding hydrogens is 408 g/mol. The summed E-state index contributed by atoms with van der Waals surface area (Å²) in [6.07, 6.45) is 0. The number of hydrogen-bond donors (Lipinski definition) is 1. The normalized spacial score (nSPS) is 14.5. The summed E-state index contributed by atoms with van der Waals surface area (Å²) in [7, 11) is 2.15. The molecule has 0 radical (unpaired) electrons. The number of anilines is 2. The van der Waals surface area contributed by atoms with E-state index in [1.54, 1.807) is 0 Å². The standard InChI is InChI=1S/C24H28N4O2S/c1-17-4-10-21(11-5-17)30-16-22-25-18(2)23(31-22)24(29)26-19-6-8-20(9-7-19)28-14-12-27(3)13-15-28/h4-11H,12-16H2,1-3H3,(H,26,29). The van der Waals surface area contributed by atoms with Crippen LogP contribution >= 0.6 is 11.3 Å². The van der Waals surface area contributed by atoms with Crippen LogP contribution in [0.3, 0.4) is 0 Å². The van der Waals surface area contributed by atoms with E-state index in [9.17, 15) is 4.79 Å². The highest BCUT2D eigenvalue weighted by Gasteiger charge is 2.17. The molecule has 2 heterocycles. The molecule has 1 aliphatic rings. The van der Waals surface area contributed by atoms with Gasteiger partial charge in [0.05, 0.1) is 5.69 Å². The molecule has 0 aliphatic carbocycles. The zero-order chi connectivity index (χ0) is 21.8. The van der Waals surface area contributed by atoms with E-state index in [4.69, 9.17) is 4.74 Å². The van der Waals surface area contributed by atoms with Crippen molar-refractivity contribution >= 4 is 28.6 Å². The smallest absolute Gasteiger partial charge is 0.267 e. The zero-order valence-corrected chi connectivity index (χ0v) is 19.0. The summed E-state index contributed by atoms with van der Waals surface area (Å²) >= 11 is 1.37. The van der Waals surface area contributed by atoms with Crippen molar-refractivity contribution in [2.75, 3.05) is 43.4 Å². The van der Waals surface area contributed by atoms with Gasteiger partial charge in [-0.1, -0.05) is 17.7 Å². The van der Waals surface area contributed by atoms with E-state index < -0.39 is 0 Å². The Balaban J connectivity index is 1.35. The van der Waals surface area contributed by atoms with Gasteiger partial charge in [-0.2, -0.15) is 0 Å². The maximum Gasteiger partial charge on any atom is 0.267 e. The van der Waals surface area contributed by atoms with E-state index in [1.807, 2.05) is 50.2 Å². The molecule has 1 aliphatic heterocycles. The average Bonchev–Trinajstić information content (AvgIpc) is 3.15.